The lowest BCUT2D eigenvalue weighted by molar-refractivity contribution is -0.125. The molecule has 25 heavy (non-hydrogen) atoms. The number of nitrogens with zero attached hydrogens (tertiary/aromatic N) is 3. The molecule has 0 unspecified atom stereocenters. The minimum Gasteiger partial charge on any atom is -0.354 e. The lowest BCUT2D eigenvalue weighted by Crippen LogP contribution is -2.36. The number of nitrogens with one attached hydrogen (secondary N) is 1. The Labute approximate surface area is 150 Å². The molecule has 2 aliphatic rings. The van der Waals surface area contributed by atoms with E-state index in [4.69, 9.17) is 0 Å². The lowest BCUT2D eigenvalue weighted by Gasteiger charge is -2.20. The highest BCUT2D eigenvalue weighted by molar-refractivity contribution is 7.13. The third kappa shape index (κ3) is 3.56. The van der Waals surface area contributed by atoms with Crippen LogP contribution in [0.25, 0.3) is 10.7 Å². The number of rotatable bonds is 6. The van der Waals surface area contributed by atoms with Gasteiger partial charge in [-0.1, -0.05) is 25.3 Å². The van der Waals surface area contributed by atoms with Crippen LogP contribution in [0.2, 0.25) is 0 Å². The van der Waals surface area contributed by atoms with Crippen LogP contribution in [0.5, 0.6) is 0 Å². The third-order valence-electron chi connectivity index (χ3n) is 5.12. The molecule has 2 saturated carbocycles. The summed E-state index contributed by atoms with van der Waals surface area (Å²) in [6.45, 7) is 0.885. The van der Waals surface area contributed by atoms with Crippen molar-refractivity contribution in [2.24, 2.45) is 5.92 Å². The molecule has 0 radical (unpaired) electrons. The lowest BCUT2D eigenvalue weighted by atomic mass is 9.89. The van der Waals surface area contributed by atoms with E-state index < -0.39 is 0 Å². The number of hydrogen-bond acceptors (Lipinski definition) is 4. The van der Waals surface area contributed by atoms with Crippen molar-refractivity contribution >= 4 is 17.2 Å². The van der Waals surface area contributed by atoms with Crippen molar-refractivity contribution in [3.63, 3.8) is 0 Å². The van der Waals surface area contributed by atoms with Crippen LogP contribution in [-0.4, -0.2) is 26.8 Å². The van der Waals surface area contributed by atoms with E-state index in [1.807, 2.05) is 22.1 Å². The first-order chi connectivity index (χ1) is 12.2. The summed E-state index contributed by atoms with van der Waals surface area (Å²) >= 11 is 1.60. The summed E-state index contributed by atoms with van der Waals surface area (Å²) in [5.41, 5.74) is -0.0576. The number of aromatic nitrogens is 3. The average Bonchev–Trinajstić information content (AvgIpc) is 3.21. The molecule has 0 atom stereocenters. The molecule has 7 heteroatoms. The molecule has 4 rings (SSSR count). The Morgan fingerprint density at radius 2 is 2.04 bits per heavy atom. The average molecular weight is 360 g/mol. The maximum Gasteiger partial charge on any atom is 0.346 e. The normalized spacial score (nSPS) is 18.4. The van der Waals surface area contributed by atoms with Crippen LogP contribution in [0.1, 0.15) is 51.0 Å². The number of hydrogen-bond donors (Lipinski definition) is 1. The molecule has 0 aromatic carbocycles. The van der Waals surface area contributed by atoms with Crippen LogP contribution in [0, 0.1) is 5.92 Å². The van der Waals surface area contributed by atoms with E-state index in [1.54, 1.807) is 11.3 Å². The predicted molar refractivity (Wildman–Crippen MR) is 97.7 cm³/mol. The van der Waals surface area contributed by atoms with Gasteiger partial charge in [-0.05, 0) is 37.1 Å². The molecule has 1 N–H and O–H groups in total. The van der Waals surface area contributed by atoms with Gasteiger partial charge < -0.3 is 5.32 Å². The highest BCUT2D eigenvalue weighted by Gasteiger charge is 2.30. The second-order valence-electron chi connectivity index (χ2n) is 7.03. The van der Waals surface area contributed by atoms with Gasteiger partial charge in [0.2, 0.25) is 5.91 Å². The van der Waals surface area contributed by atoms with Crippen LogP contribution in [0.4, 0.5) is 0 Å². The topological polar surface area (TPSA) is 68.9 Å². The zero-order valence-corrected chi connectivity index (χ0v) is 15.1. The van der Waals surface area contributed by atoms with E-state index in [0.717, 1.165) is 49.2 Å². The van der Waals surface area contributed by atoms with E-state index in [2.05, 4.69) is 10.4 Å². The monoisotopic (exact) mass is 360 g/mol. The van der Waals surface area contributed by atoms with Gasteiger partial charge in [-0.2, -0.15) is 0 Å². The van der Waals surface area contributed by atoms with Gasteiger partial charge in [-0.3, -0.25) is 9.36 Å². The Bertz CT molecular complexity index is 783. The van der Waals surface area contributed by atoms with Crippen molar-refractivity contribution in [2.75, 3.05) is 6.54 Å². The van der Waals surface area contributed by atoms with Gasteiger partial charge in [0, 0.05) is 18.5 Å². The minimum absolute atomic E-state index is 0.0576. The summed E-state index contributed by atoms with van der Waals surface area (Å²) < 4.78 is 3.34. The van der Waals surface area contributed by atoms with E-state index in [0.29, 0.717) is 13.1 Å². The Balaban J connectivity index is 1.43. The zero-order chi connectivity index (χ0) is 17.2. The van der Waals surface area contributed by atoms with Gasteiger partial charge in [0.15, 0.2) is 5.82 Å². The molecule has 6 nitrogen and oxygen atoms in total. The van der Waals surface area contributed by atoms with Crippen LogP contribution in [0.3, 0.4) is 0 Å². The summed E-state index contributed by atoms with van der Waals surface area (Å²) in [4.78, 5) is 25.9. The Hall–Kier alpha value is -1.89. The molecular formula is C18H24N4O2S. The van der Waals surface area contributed by atoms with Crippen LogP contribution in [-0.2, 0) is 11.3 Å². The smallest absolute Gasteiger partial charge is 0.346 e. The molecule has 2 aromatic heterocycles. The molecule has 2 aliphatic carbocycles. The van der Waals surface area contributed by atoms with E-state index in [9.17, 15) is 9.59 Å². The highest BCUT2D eigenvalue weighted by Crippen LogP contribution is 2.37. The summed E-state index contributed by atoms with van der Waals surface area (Å²) in [6, 6.07) is 4.27. The number of carbonyl (C=O) groups is 1. The third-order valence-corrected chi connectivity index (χ3v) is 5.99. The van der Waals surface area contributed by atoms with Crippen LogP contribution < -0.4 is 11.0 Å². The first-order valence-electron chi connectivity index (χ1n) is 9.25. The Morgan fingerprint density at radius 3 is 2.72 bits per heavy atom. The Kier molecular flexibility index (Phi) is 4.74. The standard InChI is InChI=1S/C18H24N4O2S/c23-17(13-5-2-1-3-6-13)19-10-11-21-18(24)22(14-8-9-14)16(20-21)15-7-4-12-25-15/h4,7,12-14H,1-3,5-6,8-11H2,(H,19,23). The number of amides is 1. The SMILES string of the molecule is O=C(NCCn1nc(-c2cccs2)n(C2CC2)c1=O)C1CCCCC1. The van der Waals surface area contributed by atoms with Crippen LogP contribution in [0.15, 0.2) is 22.3 Å². The van der Waals surface area contributed by atoms with E-state index in [-0.39, 0.29) is 23.6 Å². The van der Waals surface area contributed by atoms with Crippen molar-refractivity contribution in [3.05, 3.63) is 28.0 Å². The molecule has 0 aliphatic heterocycles. The first-order valence-corrected chi connectivity index (χ1v) is 10.1. The van der Waals surface area contributed by atoms with Gasteiger partial charge in [-0.25, -0.2) is 9.48 Å². The van der Waals surface area contributed by atoms with Crippen molar-refractivity contribution in [3.8, 4) is 10.7 Å². The first kappa shape index (κ1) is 16.6. The van der Waals surface area contributed by atoms with E-state index in [1.165, 1.54) is 11.1 Å². The second-order valence-corrected chi connectivity index (χ2v) is 7.98. The minimum atomic E-state index is -0.0576. The predicted octanol–water partition coefficient (Wildman–Crippen LogP) is 2.80. The molecule has 0 bridgehead atoms. The molecule has 2 fully saturated rings. The summed E-state index contributed by atoms with van der Waals surface area (Å²) in [6.07, 6.45) is 7.60. The van der Waals surface area contributed by atoms with Gasteiger partial charge >= 0.3 is 5.69 Å². The van der Waals surface area contributed by atoms with Gasteiger partial charge in [-0.15, -0.1) is 16.4 Å². The largest absolute Gasteiger partial charge is 0.354 e. The van der Waals surface area contributed by atoms with Crippen molar-refractivity contribution in [1.29, 1.82) is 0 Å². The van der Waals surface area contributed by atoms with Crippen molar-refractivity contribution in [2.45, 2.75) is 57.5 Å². The molecule has 2 aromatic rings. The molecular weight excluding hydrogens is 336 g/mol. The summed E-state index contributed by atoms with van der Waals surface area (Å²) in [5.74, 6) is 1.05. The van der Waals surface area contributed by atoms with Crippen molar-refractivity contribution < 1.29 is 4.79 Å². The maximum absolute atomic E-state index is 12.7. The number of thiophene rings is 1. The molecule has 0 saturated heterocycles. The molecule has 2 heterocycles. The fraction of sp³-hybridized carbons (Fsp3) is 0.611. The fourth-order valence-corrected chi connectivity index (χ4v) is 4.30. The molecule has 134 valence electrons. The zero-order valence-electron chi connectivity index (χ0n) is 14.3. The van der Waals surface area contributed by atoms with Gasteiger partial charge in [0.25, 0.3) is 0 Å². The van der Waals surface area contributed by atoms with Gasteiger partial charge in [0.05, 0.1) is 11.4 Å². The highest BCUT2D eigenvalue weighted by atomic mass is 32.1. The maximum atomic E-state index is 12.7. The summed E-state index contributed by atoms with van der Waals surface area (Å²) in [5, 5.41) is 9.54. The number of carbonyl (C=O) groups excluding carboxylic acids is 1. The van der Waals surface area contributed by atoms with Crippen molar-refractivity contribution in [1.82, 2.24) is 19.7 Å². The van der Waals surface area contributed by atoms with E-state index >= 15 is 0 Å². The second kappa shape index (κ2) is 7.15. The van der Waals surface area contributed by atoms with Gasteiger partial charge in [0.1, 0.15) is 0 Å². The quantitative estimate of drug-likeness (QED) is 0.861. The summed E-state index contributed by atoms with van der Waals surface area (Å²) in [7, 11) is 0. The van der Waals surface area contributed by atoms with Crippen LogP contribution >= 0.6 is 11.3 Å². The fourth-order valence-electron chi connectivity index (χ4n) is 3.60. The molecule has 0 spiro atoms. The molecule has 1 amide bonds. The Morgan fingerprint density at radius 1 is 1.24 bits per heavy atom.